The standard InChI is InChI=1S/C12H18N2O3/c1-4-6-13-11(15)9(3)14-7-5-8(2)10(14)12(16)17/h1,8-10H,5-7H2,2-3H3,(H,13,15)(H,16,17). The summed E-state index contributed by atoms with van der Waals surface area (Å²) in [5.41, 5.74) is 0. The van der Waals surface area contributed by atoms with Gasteiger partial charge in [0.2, 0.25) is 5.91 Å². The molecule has 0 aromatic heterocycles. The fourth-order valence-corrected chi connectivity index (χ4v) is 2.23. The third kappa shape index (κ3) is 2.98. The first kappa shape index (κ1) is 13.5. The Morgan fingerprint density at radius 3 is 2.82 bits per heavy atom. The summed E-state index contributed by atoms with van der Waals surface area (Å²) in [7, 11) is 0. The highest BCUT2D eigenvalue weighted by Crippen LogP contribution is 2.26. The van der Waals surface area contributed by atoms with Crippen molar-refractivity contribution >= 4 is 11.9 Å². The molecule has 0 aliphatic carbocycles. The number of terminal acetylenes is 1. The first-order valence-electron chi connectivity index (χ1n) is 5.68. The molecule has 1 fully saturated rings. The summed E-state index contributed by atoms with van der Waals surface area (Å²) < 4.78 is 0. The molecule has 1 heterocycles. The quantitative estimate of drug-likeness (QED) is 0.672. The predicted molar refractivity (Wildman–Crippen MR) is 63.2 cm³/mol. The zero-order chi connectivity index (χ0) is 13.0. The van der Waals surface area contributed by atoms with Crippen molar-refractivity contribution in [3.05, 3.63) is 0 Å². The van der Waals surface area contributed by atoms with Crippen LogP contribution in [0.3, 0.4) is 0 Å². The molecular formula is C12H18N2O3. The molecule has 0 aromatic rings. The number of carboxylic acid groups (broad SMARTS) is 1. The van der Waals surface area contributed by atoms with E-state index in [-0.39, 0.29) is 18.4 Å². The summed E-state index contributed by atoms with van der Waals surface area (Å²) in [6.45, 7) is 4.40. The molecule has 1 aliphatic heterocycles. The average molecular weight is 238 g/mol. The smallest absolute Gasteiger partial charge is 0.321 e. The van der Waals surface area contributed by atoms with Gasteiger partial charge < -0.3 is 10.4 Å². The number of carbonyl (C=O) groups excluding carboxylic acids is 1. The summed E-state index contributed by atoms with van der Waals surface area (Å²) >= 11 is 0. The van der Waals surface area contributed by atoms with Gasteiger partial charge in [0.05, 0.1) is 12.6 Å². The van der Waals surface area contributed by atoms with Gasteiger partial charge in [0.1, 0.15) is 6.04 Å². The van der Waals surface area contributed by atoms with Gasteiger partial charge in [0.25, 0.3) is 0 Å². The van der Waals surface area contributed by atoms with E-state index in [2.05, 4.69) is 11.2 Å². The zero-order valence-electron chi connectivity index (χ0n) is 10.1. The van der Waals surface area contributed by atoms with Crippen molar-refractivity contribution in [2.75, 3.05) is 13.1 Å². The lowest BCUT2D eigenvalue weighted by Gasteiger charge is -2.28. The van der Waals surface area contributed by atoms with E-state index in [0.29, 0.717) is 6.54 Å². The van der Waals surface area contributed by atoms with Crippen LogP contribution < -0.4 is 5.32 Å². The zero-order valence-corrected chi connectivity index (χ0v) is 10.1. The molecule has 1 amide bonds. The number of amides is 1. The molecule has 0 saturated carbocycles. The molecule has 3 unspecified atom stereocenters. The Hall–Kier alpha value is -1.54. The third-order valence-corrected chi connectivity index (χ3v) is 3.23. The molecule has 0 aromatic carbocycles. The molecule has 17 heavy (non-hydrogen) atoms. The Bertz CT molecular complexity index is 348. The molecule has 3 atom stereocenters. The average Bonchev–Trinajstić information content (AvgIpc) is 2.66. The van der Waals surface area contributed by atoms with Crippen LogP contribution in [0.15, 0.2) is 0 Å². The Morgan fingerprint density at radius 1 is 1.65 bits per heavy atom. The molecule has 1 saturated heterocycles. The maximum atomic E-state index is 11.7. The topological polar surface area (TPSA) is 69.6 Å². The summed E-state index contributed by atoms with van der Waals surface area (Å²) in [6.07, 6.45) is 5.85. The van der Waals surface area contributed by atoms with Gasteiger partial charge in [0.15, 0.2) is 0 Å². The van der Waals surface area contributed by atoms with Crippen LogP contribution in [0.25, 0.3) is 0 Å². The van der Waals surface area contributed by atoms with E-state index in [4.69, 9.17) is 11.5 Å². The number of carbonyl (C=O) groups is 2. The predicted octanol–water partition coefficient (Wildman–Crippen LogP) is -0.0807. The Morgan fingerprint density at radius 2 is 2.29 bits per heavy atom. The number of carboxylic acids is 1. The van der Waals surface area contributed by atoms with E-state index in [9.17, 15) is 9.59 Å². The number of nitrogens with one attached hydrogen (secondary N) is 1. The summed E-state index contributed by atoms with van der Waals surface area (Å²) in [5.74, 6) is 1.30. The summed E-state index contributed by atoms with van der Waals surface area (Å²) in [6, 6.07) is -1.05. The molecule has 1 aliphatic rings. The second kappa shape index (κ2) is 5.69. The highest BCUT2D eigenvalue weighted by molar-refractivity contribution is 5.83. The summed E-state index contributed by atoms with van der Waals surface area (Å²) in [5, 5.41) is 11.7. The molecule has 2 N–H and O–H groups in total. The molecular weight excluding hydrogens is 220 g/mol. The maximum absolute atomic E-state index is 11.7. The summed E-state index contributed by atoms with van der Waals surface area (Å²) in [4.78, 5) is 24.6. The lowest BCUT2D eigenvalue weighted by Crippen LogP contribution is -2.50. The van der Waals surface area contributed by atoms with E-state index >= 15 is 0 Å². The highest BCUT2D eigenvalue weighted by atomic mass is 16.4. The van der Waals surface area contributed by atoms with Crippen LogP contribution in [-0.4, -0.2) is 47.1 Å². The van der Waals surface area contributed by atoms with Crippen LogP contribution in [0, 0.1) is 18.3 Å². The van der Waals surface area contributed by atoms with Crippen molar-refractivity contribution in [1.29, 1.82) is 0 Å². The van der Waals surface area contributed by atoms with Crippen molar-refractivity contribution < 1.29 is 14.7 Å². The molecule has 1 rings (SSSR count). The minimum atomic E-state index is -0.869. The van der Waals surface area contributed by atoms with E-state index < -0.39 is 18.1 Å². The van der Waals surface area contributed by atoms with Crippen molar-refractivity contribution in [3.63, 3.8) is 0 Å². The van der Waals surface area contributed by atoms with Crippen LogP contribution in [0.1, 0.15) is 20.3 Å². The van der Waals surface area contributed by atoms with Crippen molar-refractivity contribution in [2.24, 2.45) is 5.92 Å². The van der Waals surface area contributed by atoms with Crippen molar-refractivity contribution in [2.45, 2.75) is 32.4 Å². The minimum Gasteiger partial charge on any atom is -0.480 e. The number of likely N-dealkylation sites (tertiary alicyclic amines) is 1. The van der Waals surface area contributed by atoms with Gasteiger partial charge in [-0.25, -0.2) is 0 Å². The van der Waals surface area contributed by atoms with Crippen molar-refractivity contribution in [3.8, 4) is 12.3 Å². The first-order chi connectivity index (χ1) is 7.99. The van der Waals surface area contributed by atoms with E-state index in [0.717, 1.165) is 6.42 Å². The first-order valence-corrected chi connectivity index (χ1v) is 5.68. The normalized spacial score (nSPS) is 26.2. The fraction of sp³-hybridized carbons (Fsp3) is 0.667. The van der Waals surface area contributed by atoms with Gasteiger partial charge in [-0.3, -0.25) is 14.5 Å². The fourth-order valence-electron chi connectivity index (χ4n) is 2.23. The SMILES string of the molecule is C#CCNC(=O)C(C)N1CCC(C)C1C(=O)O. The molecule has 5 heteroatoms. The highest BCUT2D eigenvalue weighted by Gasteiger charge is 2.40. The maximum Gasteiger partial charge on any atom is 0.321 e. The van der Waals surface area contributed by atoms with Crippen LogP contribution in [0.2, 0.25) is 0 Å². The van der Waals surface area contributed by atoms with E-state index in [1.165, 1.54) is 0 Å². The van der Waals surface area contributed by atoms with Crippen LogP contribution in [-0.2, 0) is 9.59 Å². The van der Waals surface area contributed by atoms with Crippen LogP contribution in [0.4, 0.5) is 0 Å². The Balaban J connectivity index is 2.68. The molecule has 94 valence electrons. The molecule has 0 bridgehead atoms. The molecule has 0 spiro atoms. The van der Waals surface area contributed by atoms with Crippen LogP contribution >= 0.6 is 0 Å². The monoisotopic (exact) mass is 238 g/mol. The number of nitrogens with zero attached hydrogens (tertiary/aromatic N) is 1. The lowest BCUT2D eigenvalue weighted by atomic mass is 10.0. The number of rotatable bonds is 4. The van der Waals surface area contributed by atoms with E-state index in [1.807, 2.05) is 6.92 Å². The number of hydrogen-bond donors (Lipinski definition) is 2. The van der Waals surface area contributed by atoms with Gasteiger partial charge >= 0.3 is 5.97 Å². The van der Waals surface area contributed by atoms with Gasteiger partial charge in [-0.1, -0.05) is 12.8 Å². The Kier molecular flexibility index (Phi) is 4.53. The van der Waals surface area contributed by atoms with Gasteiger partial charge in [-0.2, -0.15) is 0 Å². The molecule has 0 radical (unpaired) electrons. The third-order valence-electron chi connectivity index (χ3n) is 3.23. The number of hydrogen-bond acceptors (Lipinski definition) is 3. The van der Waals surface area contributed by atoms with E-state index in [1.54, 1.807) is 11.8 Å². The van der Waals surface area contributed by atoms with Gasteiger partial charge in [-0.15, -0.1) is 6.42 Å². The van der Waals surface area contributed by atoms with Gasteiger partial charge in [0, 0.05) is 6.54 Å². The van der Waals surface area contributed by atoms with Gasteiger partial charge in [-0.05, 0) is 19.3 Å². The second-order valence-corrected chi connectivity index (χ2v) is 4.38. The second-order valence-electron chi connectivity index (χ2n) is 4.38. The largest absolute Gasteiger partial charge is 0.480 e. The number of aliphatic carboxylic acids is 1. The van der Waals surface area contributed by atoms with Crippen LogP contribution in [0.5, 0.6) is 0 Å². The van der Waals surface area contributed by atoms with Crippen molar-refractivity contribution in [1.82, 2.24) is 10.2 Å². The Labute approximate surface area is 101 Å². The lowest BCUT2D eigenvalue weighted by molar-refractivity contribution is -0.145. The minimum absolute atomic E-state index is 0.0652. The molecule has 5 nitrogen and oxygen atoms in total.